The fourth-order valence-electron chi connectivity index (χ4n) is 6.39. The SMILES string of the molecule is CN1CCC(S(=O)(=O)c2ccc(-c3cc4cnc(Nc5ccc(NC6CCCNC6)cc5)nc4n(Cc4nccs4)c3=O)c(F)c2)CC1. The molecule has 48 heavy (non-hydrogen) atoms. The second-order valence-corrected chi connectivity index (χ2v) is 15.6. The molecule has 2 aliphatic heterocycles. The minimum atomic E-state index is -3.72. The van der Waals surface area contributed by atoms with Gasteiger partial charge in [0.15, 0.2) is 9.84 Å². The summed E-state index contributed by atoms with van der Waals surface area (Å²) in [5.41, 5.74) is 1.79. The number of benzene rings is 2. The molecule has 0 bridgehead atoms. The summed E-state index contributed by atoms with van der Waals surface area (Å²) in [6.07, 6.45) is 6.51. The van der Waals surface area contributed by atoms with Gasteiger partial charge in [-0.1, -0.05) is 0 Å². The first-order valence-electron chi connectivity index (χ1n) is 16.1. The first-order chi connectivity index (χ1) is 23.2. The Bertz CT molecular complexity index is 2070. The van der Waals surface area contributed by atoms with Crippen molar-refractivity contribution in [3.8, 4) is 11.1 Å². The molecule has 2 fully saturated rings. The van der Waals surface area contributed by atoms with Crippen molar-refractivity contribution in [1.29, 1.82) is 0 Å². The van der Waals surface area contributed by atoms with Crippen molar-refractivity contribution < 1.29 is 12.8 Å². The normalized spacial score (nSPS) is 17.8. The van der Waals surface area contributed by atoms with Crippen LogP contribution in [-0.2, 0) is 16.4 Å². The molecule has 2 saturated heterocycles. The van der Waals surface area contributed by atoms with Crippen LogP contribution in [0.15, 0.2) is 76.0 Å². The number of likely N-dealkylation sites (tertiary alicyclic amines) is 1. The summed E-state index contributed by atoms with van der Waals surface area (Å²) in [5, 5.41) is 12.7. The Kier molecular flexibility index (Phi) is 9.23. The van der Waals surface area contributed by atoms with Crippen LogP contribution in [0.3, 0.4) is 0 Å². The Morgan fingerprint density at radius 1 is 1.02 bits per heavy atom. The van der Waals surface area contributed by atoms with Crippen LogP contribution < -0.4 is 21.5 Å². The summed E-state index contributed by atoms with van der Waals surface area (Å²) >= 11 is 1.40. The van der Waals surface area contributed by atoms with Crippen LogP contribution in [0.1, 0.15) is 30.7 Å². The zero-order chi connectivity index (χ0) is 33.3. The molecule has 0 radical (unpaired) electrons. The van der Waals surface area contributed by atoms with E-state index in [1.165, 1.54) is 28.0 Å². The maximum atomic E-state index is 15.8. The Balaban J connectivity index is 1.20. The van der Waals surface area contributed by atoms with Gasteiger partial charge < -0.3 is 20.9 Å². The van der Waals surface area contributed by atoms with Crippen LogP contribution >= 0.6 is 11.3 Å². The van der Waals surface area contributed by atoms with Crippen molar-refractivity contribution in [1.82, 2.24) is 29.7 Å². The number of halogens is 1. The number of pyridine rings is 1. The van der Waals surface area contributed by atoms with Crippen LogP contribution in [0.25, 0.3) is 22.2 Å². The number of hydrogen-bond donors (Lipinski definition) is 3. The summed E-state index contributed by atoms with van der Waals surface area (Å²) in [4.78, 5) is 29.6. The van der Waals surface area contributed by atoms with E-state index in [0.29, 0.717) is 54.0 Å². The molecule has 0 saturated carbocycles. The zero-order valence-corrected chi connectivity index (χ0v) is 28.2. The zero-order valence-electron chi connectivity index (χ0n) is 26.5. The van der Waals surface area contributed by atoms with Gasteiger partial charge in [0.05, 0.1) is 22.3 Å². The highest BCUT2D eigenvalue weighted by Crippen LogP contribution is 2.30. The average molecular weight is 689 g/mol. The predicted molar refractivity (Wildman–Crippen MR) is 187 cm³/mol. The Morgan fingerprint density at radius 2 is 1.81 bits per heavy atom. The number of piperidine rings is 2. The van der Waals surface area contributed by atoms with Crippen molar-refractivity contribution in [3.63, 3.8) is 0 Å². The summed E-state index contributed by atoms with van der Waals surface area (Å²) < 4.78 is 43.9. The highest BCUT2D eigenvalue weighted by molar-refractivity contribution is 7.92. The van der Waals surface area contributed by atoms with Gasteiger partial charge in [0.2, 0.25) is 5.95 Å². The third-order valence-electron chi connectivity index (χ3n) is 9.08. The Labute approximate surface area is 282 Å². The molecular weight excluding hydrogens is 652 g/mol. The lowest BCUT2D eigenvalue weighted by Gasteiger charge is -2.28. The highest BCUT2D eigenvalue weighted by atomic mass is 32.2. The first kappa shape index (κ1) is 32.3. The fourth-order valence-corrected chi connectivity index (χ4v) is 8.74. The monoisotopic (exact) mass is 688 g/mol. The number of rotatable bonds is 9. The summed E-state index contributed by atoms with van der Waals surface area (Å²) in [6, 6.07) is 13.7. The topological polar surface area (TPSA) is 134 Å². The maximum absolute atomic E-state index is 15.8. The molecule has 1 atom stereocenters. The van der Waals surface area contributed by atoms with Crippen LogP contribution in [0.2, 0.25) is 0 Å². The average Bonchev–Trinajstić information content (AvgIpc) is 3.61. The smallest absolute Gasteiger partial charge is 0.260 e. The number of nitrogens with zero attached hydrogens (tertiary/aromatic N) is 5. The van der Waals surface area contributed by atoms with E-state index in [1.807, 2.05) is 36.7 Å². The minimum Gasteiger partial charge on any atom is -0.381 e. The van der Waals surface area contributed by atoms with Crippen molar-refractivity contribution in [2.24, 2.45) is 0 Å². The second-order valence-electron chi connectivity index (χ2n) is 12.4. The van der Waals surface area contributed by atoms with Crippen LogP contribution in [-0.4, -0.2) is 77.4 Å². The Morgan fingerprint density at radius 3 is 2.52 bits per heavy atom. The summed E-state index contributed by atoms with van der Waals surface area (Å²) in [7, 11) is -1.77. The lowest BCUT2D eigenvalue weighted by atomic mass is 10.1. The van der Waals surface area contributed by atoms with Crippen molar-refractivity contribution in [2.75, 3.05) is 43.9 Å². The molecule has 11 nitrogen and oxygen atoms in total. The number of fused-ring (bicyclic) bond motifs is 1. The lowest BCUT2D eigenvalue weighted by Crippen LogP contribution is -2.38. The van der Waals surface area contributed by atoms with Gasteiger partial charge in [-0.15, -0.1) is 11.3 Å². The number of sulfone groups is 1. The predicted octanol–water partition coefficient (Wildman–Crippen LogP) is 4.88. The number of aromatic nitrogens is 4. The van der Waals surface area contributed by atoms with E-state index < -0.39 is 26.5 Å². The van der Waals surface area contributed by atoms with Crippen molar-refractivity contribution in [3.05, 3.63) is 87.5 Å². The maximum Gasteiger partial charge on any atom is 0.260 e. The lowest BCUT2D eigenvalue weighted by molar-refractivity contribution is 0.277. The third-order valence-corrected chi connectivity index (χ3v) is 12.1. The van der Waals surface area contributed by atoms with Gasteiger partial charge in [0, 0.05) is 52.7 Å². The quantitative estimate of drug-likeness (QED) is 0.197. The molecule has 5 heterocycles. The van der Waals surface area contributed by atoms with Crippen LogP contribution in [0.5, 0.6) is 0 Å². The van der Waals surface area contributed by atoms with Crippen LogP contribution in [0, 0.1) is 5.82 Å². The number of thiazole rings is 1. The second kappa shape index (κ2) is 13.7. The molecule has 5 aromatic rings. The molecule has 1 unspecified atom stereocenters. The molecule has 0 amide bonds. The molecule has 0 aliphatic carbocycles. The van der Waals surface area contributed by atoms with Gasteiger partial charge >= 0.3 is 0 Å². The van der Waals surface area contributed by atoms with Crippen molar-refractivity contribution in [2.45, 2.75) is 48.4 Å². The van der Waals surface area contributed by atoms with E-state index in [2.05, 4.69) is 30.8 Å². The number of hydrogen-bond acceptors (Lipinski definition) is 11. The van der Waals surface area contributed by atoms with Gasteiger partial charge in [0.1, 0.15) is 16.5 Å². The standard InChI is InChI=1S/C34H37FN8O3S2/c1-42-14-10-26(11-15-42)48(45,46)27-8-9-28(30(35)18-27)29-17-22-19-38-34(41-32(22)43(33(29)44)21-31-37-13-16-47-31)40-24-6-4-23(5-7-24)39-25-3-2-12-36-20-25/h4-9,13,16-19,25-26,36,39H,2-3,10-12,14-15,20-21H2,1H3,(H,38,40,41). The third kappa shape index (κ3) is 6.83. The molecule has 250 valence electrons. The minimum absolute atomic E-state index is 0.0111. The van der Waals surface area contributed by atoms with Crippen LogP contribution in [0.4, 0.5) is 21.7 Å². The first-order valence-corrected chi connectivity index (χ1v) is 18.5. The van der Waals surface area contributed by atoms with E-state index >= 15 is 4.39 Å². The highest BCUT2D eigenvalue weighted by Gasteiger charge is 2.31. The molecule has 3 aromatic heterocycles. The van der Waals surface area contributed by atoms with Gasteiger partial charge in [0.25, 0.3) is 5.56 Å². The summed E-state index contributed by atoms with van der Waals surface area (Å²) in [6.45, 7) is 3.45. The van der Waals surface area contributed by atoms with E-state index in [9.17, 15) is 13.2 Å². The van der Waals surface area contributed by atoms with Gasteiger partial charge in [-0.25, -0.2) is 22.8 Å². The Hall–Kier alpha value is -4.24. The fraction of sp³-hybridized carbons (Fsp3) is 0.353. The van der Waals surface area contributed by atoms with Gasteiger partial charge in [-0.3, -0.25) is 9.36 Å². The molecule has 7 rings (SSSR count). The van der Waals surface area contributed by atoms with E-state index in [4.69, 9.17) is 4.98 Å². The van der Waals surface area contributed by atoms with E-state index in [1.54, 1.807) is 18.5 Å². The molecule has 14 heteroatoms. The molecule has 0 spiro atoms. The molecule has 2 aliphatic rings. The molecular formula is C34H37FN8O3S2. The van der Waals surface area contributed by atoms with Gasteiger partial charge in [-0.2, -0.15) is 4.98 Å². The summed E-state index contributed by atoms with van der Waals surface area (Å²) in [5.74, 6) is -0.479. The van der Waals surface area contributed by atoms with E-state index in [-0.39, 0.29) is 22.6 Å². The van der Waals surface area contributed by atoms with E-state index in [0.717, 1.165) is 43.4 Å². The number of nitrogens with one attached hydrogen (secondary N) is 3. The largest absolute Gasteiger partial charge is 0.381 e. The van der Waals surface area contributed by atoms with Gasteiger partial charge in [-0.05, 0) is 101 Å². The molecule has 3 N–H and O–H groups in total. The number of anilines is 3. The van der Waals surface area contributed by atoms with Crippen molar-refractivity contribution >= 4 is 49.5 Å². The molecule has 2 aromatic carbocycles.